The standard InChI is InChI=1S/2C14H12S2.Na/c2*15-13(11-7-3-1-4-8-11)14(16)12-9-5-2-6-10-12;/h2*1-10,15-16H;/q;;+1/p-4/b2*14-13-;. The number of benzene rings is 4. The molecule has 0 unspecified atom stereocenters. The predicted octanol–water partition coefficient (Wildman–Crippen LogP) is 4.22. The van der Waals surface area contributed by atoms with Crippen molar-refractivity contribution in [1.29, 1.82) is 0 Å². The van der Waals surface area contributed by atoms with Crippen molar-refractivity contribution >= 4 is 70.1 Å². The first-order valence-corrected chi connectivity index (χ1v) is 11.6. The van der Waals surface area contributed by atoms with E-state index in [0.717, 1.165) is 41.9 Å². The van der Waals surface area contributed by atoms with Gasteiger partial charge in [-0.25, -0.2) is 0 Å². The van der Waals surface area contributed by atoms with E-state index in [1.807, 2.05) is 121 Å². The van der Waals surface area contributed by atoms with Gasteiger partial charge in [0.2, 0.25) is 0 Å². The van der Waals surface area contributed by atoms with Crippen molar-refractivity contribution in [3.8, 4) is 0 Å². The van der Waals surface area contributed by atoms with Crippen LogP contribution in [0, 0.1) is 0 Å². The molecule has 0 radical (unpaired) electrons. The monoisotopic (exact) mass is 507 g/mol. The van der Waals surface area contributed by atoms with Crippen molar-refractivity contribution in [2.75, 3.05) is 0 Å². The van der Waals surface area contributed by atoms with Gasteiger partial charge < -0.3 is 50.5 Å². The smallest absolute Gasteiger partial charge is 0.781 e. The maximum atomic E-state index is 5.38. The molecule has 0 aliphatic rings. The summed E-state index contributed by atoms with van der Waals surface area (Å²) in [5.41, 5.74) is 4.02. The Kier molecular flexibility index (Phi) is 12.1. The summed E-state index contributed by atoms with van der Waals surface area (Å²) in [6.45, 7) is 0. The molecule has 0 heterocycles. The zero-order chi connectivity index (χ0) is 22.8. The van der Waals surface area contributed by atoms with Crippen LogP contribution in [0.4, 0.5) is 0 Å². The maximum absolute atomic E-state index is 5.38. The molecule has 0 N–H and O–H groups in total. The summed E-state index contributed by atoms with van der Waals surface area (Å²) in [6.07, 6.45) is 0. The largest absolute Gasteiger partial charge is 1.00 e. The van der Waals surface area contributed by atoms with Gasteiger partial charge in [0.1, 0.15) is 0 Å². The summed E-state index contributed by atoms with van der Waals surface area (Å²) in [7, 11) is 0. The first-order chi connectivity index (χ1) is 15.6. The fourth-order valence-electron chi connectivity index (χ4n) is 2.88. The fourth-order valence-corrected chi connectivity index (χ4v) is 3.90. The van der Waals surface area contributed by atoms with Gasteiger partial charge in [0.25, 0.3) is 0 Å². The quantitative estimate of drug-likeness (QED) is 0.230. The Labute approximate surface area is 241 Å². The second kappa shape index (κ2) is 14.5. The molecule has 5 heteroatoms. The van der Waals surface area contributed by atoms with Crippen molar-refractivity contribution in [2.24, 2.45) is 0 Å². The fraction of sp³-hybridized carbons (Fsp3) is 0. The molecule has 4 aromatic carbocycles. The Morgan fingerprint density at radius 2 is 0.455 bits per heavy atom. The van der Waals surface area contributed by atoms with Crippen LogP contribution in [0.15, 0.2) is 121 Å². The van der Waals surface area contributed by atoms with Gasteiger partial charge in [-0.15, -0.1) is 0 Å². The maximum Gasteiger partial charge on any atom is 1.00 e. The number of hydrogen-bond donors (Lipinski definition) is 0. The molecular weight excluding hydrogens is 488 g/mol. The van der Waals surface area contributed by atoms with Crippen LogP contribution in [-0.4, -0.2) is 0 Å². The van der Waals surface area contributed by atoms with E-state index in [9.17, 15) is 0 Å². The molecule has 0 aliphatic carbocycles. The van der Waals surface area contributed by atoms with E-state index in [0.29, 0.717) is 0 Å². The molecule has 0 amide bonds. The summed E-state index contributed by atoms with van der Waals surface area (Å²) in [6, 6.07) is 39.5. The predicted molar refractivity (Wildman–Crippen MR) is 149 cm³/mol. The summed E-state index contributed by atoms with van der Waals surface area (Å²) >= 11 is 21.5. The first-order valence-electron chi connectivity index (χ1n) is 9.96. The Balaban J connectivity index is 0.000000227. The minimum atomic E-state index is 0. The molecule has 0 saturated carbocycles. The van der Waals surface area contributed by atoms with Crippen molar-refractivity contribution in [3.05, 3.63) is 144 Å². The average Bonchev–Trinajstić information content (AvgIpc) is 2.89. The third-order valence-corrected chi connectivity index (χ3v) is 6.57. The van der Waals surface area contributed by atoms with Crippen LogP contribution in [0.5, 0.6) is 0 Å². The third kappa shape index (κ3) is 8.20. The molecule has 0 spiro atoms. The van der Waals surface area contributed by atoms with E-state index in [1.54, 1.807) is 0 Å². The van der Waals surface area contributed by atoms with Gasteiger partial charge >= 0.3 is 29.6 Å². The van der Waals surface area contributed by atoms with Crippen molar-refractivity contribution in [3.63, 3.8) is 0 Å². The van der Waals surface area contributed by atoms with Crippen LogP contribution < -0.4 is 29.6 Å². The van der Waals surface area contributed by atoms with Crippen LogP contribution in [0.1, 0.15) is 22.3 Å². The Morgan fingerprint density at radius 1 is 0.303 bits per heavy atom. The van der Waals surface area contributed by atoms with Crippen LogP contribution in [0.2, 0.25) is 0 Å². The summed E-state index contributed by atoms with van der Waals surface area (Å²) in [5.74, 6) is 0. The third-order valence-electron chi connectivity index (χ3n) is 4.56. The summed E-state index contributed by atoms with van der Waals surface area (Å²) in [4.78, 5) is 2.95. The molecule has 4 aromatic rings. The zero-order valence-corrected chi connectivity index (χ0v) is 23.4. The van der Waals surface area contributed by atoms with Crippen LogP contribution in [0.3, 0.4) is 0 Å². The Bertz CT molecular complexity index is 982. The molecule has 0 atom stereocenters. The molecule has 0 saturated heterocycles. The minimum Gasteiger partial charge on any atom is -0.781 e. The van der Waals surface area contributed by atoms with E-state index in [4.69, 9.17) is 50.5 Å². The zero-order valence-electron chi connectivity index (χ0n) is 18.2. The molecule has 0 nitrogen and oxygen atoms in total. The minimum absolute atomic E-state index is 0. The molecule has 0 aliphatic heterocycles. The normalized spacial score (nSPS) is 11.6. The van der Waals surface area contributed by atoms with Crippen LogP contribution >= 0.6 is 0 Å². The van der Waals surface area contributed by atoms with Gasteiger partial charge in [-0.3, -0.25) is 0 Å². The van der Waals surface area contributed by atoms with E-state index >= 15 is 0 Å². The molecule has 0 bridgehead atoms. The van der Waals surface area contributed by atoms with E-state index in [1.165, 1.54) is 0 Å². The molecule has 4 rings (SSSR count). The van der Waals surface area contributed by atoms with Gasteiger partial charge in [-0.05, 0) is 22.3 Å². The van der Waals surface area contributed by atoms with E-state index < -0.39 is 0 Å². The second-order valence-corrected chi connectivity index (χ2v) is 8.41. The van der Waals surface area contributed by atoms with Gasteiger partial charge in [-0.1, -0.05) is 121 Å². The van der Waals surface area contributed by atoms with Crippen molar-refractivity contribution in [1.82, 2.24) is 0 Å². The average molecular weight is 508 g/mol. The Morgan fingerprint density at radius 3 is 0.606 bits per heavy atom. The number of rotatable bonds is 4. The van der Waals surface area contributed by atoms with Gasteiger partial charge in [-0.2, -0.15) is 19.6 Å². The molecule has 33 heavy (non-hydrogen) atoms. The van der Waals surface area contributed by atoms with Crippen LogP contribution in [-0.2, 0) is 50.5 Å². The summed E-state index contributed by atoms with van der Waals surface area (Å²) in [5, 5.41) is 0. The molecule has 0 fully saturated rings. The number of hydrogen-bond acceptors (Lipinski definition) is 4. The van der Waals surface area contributed by atoms with E-state index in [-0.39, 0.29) is 29.6 Å². The van der Waals surface area contributed by atoms with Gasteiger partial charge in [0.05, 0.1) is 0 Å². The molecular formula is C28H20NaS4-3. The molecule has 160 valence electrons. The van der Waals surface area contributed by atoms with Gasteiger partial charge in [0, 0.05) is 0 Å². The van der Waals surface area contributed by atoms with Crippen molar-refractivity contribution in [2.45, 2.75) is 0 Å². The summed E-state index contributed by atoms with van der Waals surface area (Å²) < 4.78 is 0. The molecule has 0 aromatic heterocycles. The van der Waals surface area contributed by atoms with Gasteiger partial charge in [0.15, 0.2) is 0 Å². The topological polar surface area (TPSA) is 0 Å². The van der Waals surface area contributed by atoms with E-state index in [2.05, 4.69) is 0 Å². The van der Waals surface area contributed by atoms with Crippen LogP contribution in [0.25, 0.3) is 19.6 Å². The Hall–Kier alpha value is -1.76. The first kappa shape index (κ1) is 27.5. The SMILES string of the molecule is [Na+].[S-]/C(=C(\[S-])c1ccccc1)c1ccccc1.[S-]/C(=C(\[S-])c1ccccc1)c1ccccc1. The van der Waals surface area contributed by atoms with Crippen molar-refractivity contribution < 1.29 is 29.6 Å². The second-order valence-electron chi connectivity index (χ2n) is 6.78.